The second kappa shape index (κ2) is 6.89. The lowest BCUT2D eigenvalue weighted by Gasteiger charge is -2.09. The molecule has 0 bridgehead atoms. The van der Waals surface area contributed by atoms with E-state index in [1.54, 1.807) is 0 Å². The molecule has 0 unspecified atom stereocenters. The fourth-order valence-corrected chi connectivity index (χ4v) is 2.22. The maximum atomic E-state index is 2.18. The Labute approximate surface area is 127 Å². The molecular weight excluding hydrogens is 256 g/mol. The fourth-order valence-electron chi connectivity index (χ4n) is 2.22. The molecule has 2 aromatic rings. The van der Waals surface area contributed by atoms with Gasteiger partial charge < -0.3 is 4.90 Å². The number of nitrogens with zero attached hydrogens (tertiary/aromatic N) is 2. The van der Waals surface area contributed by atoms with Crippen LogP contribution in [0.1, 0.15) is 5.56 Å². The molecule has 0 saturated carbocycles. The van der Waals surface area contributed by atoms with Crippen molar-refractivity contribution in [1.82, 2.24) is 4.90 Å². The summed E-state index contributed by atoms with van der Waals surface area (Å²) < 4.78 is 2.07. The molecule has 0 aliphatic carbocycles. The van der Waals surface area contributed by atoms with Crippen molar-refractivity contribution < 1.29 is 4.58 Å². The molecule has 2 aromatic carbocycles. The van der Waals surface area contributed by atoms with Crippen molar-refractivity contribution in [1.29, 1.82) is 0 Å². The van der Waals surface area contributed by atoms with E-state index in [0.29, 0.717) is 0 Å². The van der Waals surface area contributed by atoms with E-state index in [1.807, 2.05) is 34.3 Å². The van der Waals surface area contributed by atoms with Gasteiger partial charge in [-0.05, 0) is 16.7 Å². The minimum Gasteiger partial charge on any atom is -0.383 e. The van der Waals surface area contributed by atoms with Gasteiger partial charge in [0, 0.05) is 20.3 Å². The first-order valence-corrected chi connectivity index (χ1v) is 7.11. The third-order valence-electron chi connectivity index (χ3n) is 3.12. The zero-order valence-corrected chi connectivity index (χ0v) is 13.2. The lowest BCUT2D eigenvalue weighted by Crippen LogP contribution is -2.07. The maximum absolute atomic E-state index is 2.18. The predicted octanol–water partition coefficient (Wildman–Crippen LogP) is 3.60. The number of rotatable bonds is 4. The first kappa shape index (κ1) is 15.0. The Morgan fingerprint density at radius 3 is 1.95 bits per heavy atom. The quantitative estimate of drug-likeness (QED) is 0.612. The summed E-state index contributed by atoms with van der Waals surface area (Å²) in [6.07, 6.45) is 4.27. The molecule has 2 rings (SSSR count). The van der Waals surface area contributed by atoms with Gasteiger partial charge in [-0.15, -0.1) is 0 Å². The van der Waals surface area contributed by atoms with Crippen LogP contribution in [0.15, 0.2) is 60.8 Å². The average molecular weight is 279 g/mol. The Bertz CT molecular complexity index is 631. The minimum atomic E-state index is 1.20. The molecule has 21 heavy (non-hydrogen) atoms. The van der Waals surface area contributed by atoms with E-state index in [4.69, 9.17) is 0 Å². The van der Waals surface area contributed by atoms with Crippen LogP contribution in [0.5, 0.6) is 0 Å². The van der Waals surface area contributed by atoms with E-state index < -0.39 is 0 Å². The van der Waals surface area contributed by atoms with Crippen molar-refractivity contribution in [2.75, 3.05) is 28.2 Å². The summed E-state index contributed by atoms with van der Waals surface area (Å²) in [5, 5.41) is 0. The maximum Gasteiger partial charge on any atom is 0.172 e. The Morgan fingerprint density at radius 2 is 1.43 bits per heavy atom. The van der Waals surface area contributed by atoms with Crippen molar-refractivity contribution in [3.63, 3.8) is 0 Å². The monoisotopic (exact) mass is 279 g/mol. The van der Waals surface area contributed by atoms with Crippen LogP contribution in [0.4, 0.5) is 0 Å². The SMILES string of the molecule is CN(C)/C=C(/C=[N+](C)C)c1ccc(-c2ccccc2)cc1. The zero-order chi connectivity index (χ0) is 15.2. The molecule has 0 saturated heterocycles. The van der Waals surface area contributed by atoms with Gasteiger partial charge in [0.15, 0.2) is 6.21 Å². The van der Waals surface area contributed by atoms with E-state index in [0.717, 1.165) is 0 Å². The van der Waals surface area contributed by atoms with E-state index in [1.165, 1.54) is 22.3 Å². The van der Waals surface area contributed by atoms with Crippen molar-refractivity contribution >= 4 is 11.8 Å². The molecule has 0 amide bonds. The van der Waals surface area contributed by atoms with Crippen LogP contribution in [0.25, 0.3) is 16.7 Å². The largest absolute Gasteiger partial charge is 0.383 e. The standard InChI is InChI=1S/C19H23N2/c1-20(2)14-19(15-21(3)4)18-12-10-17(11-13-18)16-8-6-5-7-9-16/h5-15H,1-4H3/q+1. The Morgan fingerprint density at radius 1 is 0.857 bits per heavy atom. The van der Waals surface area contributed by atoms with Gasteiger partial charge in [-0.25, -0.2) is 4.58 Å². The van der Waals surface area contributed by atoms with Crippen molar-refractivity contribution in [2.45, 2.75) is 0 Å². The summed E-state index contributed by atoms with van der Waals surface area (Å²) in [6, 6.07) is 19.2. The van der Waals surface area contributed by atoms with E-state index >= 15 is 0 Å². The van der Waals surface area contributed by atoms with Gasteiger partial charge in [-0.3, -0.25) is 0 Å². The van der Waals surface area contributed by atoms with Crippen molar-refractivity contribution in [2.24, 2.45) is 0 Å². The Kier molecular flexibility index (Phi) is 4.94. The third kappa shape index (κ3) is 4.32. The molecule has 0 fully saturated rings. The molecular formula is C19H23N2+. The van der Waals surface area contributed by atoms with Crippen LogP contribution in [0.2, 0.25) is 0 Å². The van der Waals surface area contributed by atoms with Gasteiger partial charge in [0.05, 0.1) is 5.57 Å². The molecule has 0 aliphatic rings. The lowest BCUT2D eigenvalue weighted by atomic mass is 10.0. The molecule has 0 heterocycles. The smallest absolute Gasteiger partial charge is 0.172 e. The van der Waals surface area contributed by atoms with Crippen LogP contribution in [0, 0.1) is 0 Å². The van der Waals surface area contributed by atoms with Gasteiger partial charge in [-0.1, -0.05) is 54.6 Å². The second-order valence-corrected chi connectivity index (χ2v) is 5.58. The zero-order valence-electron chi connectivity index (χ0n) is 13.2. The summed E-state index contributed by atoms with van der Waals surface area (Å²) in [7, 11) is 8.17. The summed E-state index contributed by atoms with van der Waals surface area (Å²) in [4.78, 5) is 2.07. The van der Waals surface area contributed by atoms with E-state index in [9.17, 15) is 0 Å². The van der Waals surface area contributed by atoms with Crippen molar-refractivity contribution in [3.8, 4) is 11.1 Å². The van der Waals surface area contributed by atoms with Gasteiger partial charge in [0.2, 0.25) is 0 Å². The molecule has 0 N–H and O–H groups in total. The van der Waals surface area contributed by atoms with Gasteiger partial charge in [-0.2, -0.15) is 0 Å². The van der Waals surface area contributed by atoms with Gasteiger partial charge in [0.25, 0.3) is 0 Å². The lowest BCUT2D eigenvalue weighted by molar-refractivity contribution is -0.458. The number of allylic oxidation sites excluding steroid dienone is 1. The molecule has 0 radical (unpaired) electrons. The molecule has 0 spiro atoms. The Balaban J connectivity index is 2.34. The third-order valence-corrected chi connectivity index (χ3v) is 3.12. The van der Waals surface area contributed by atoms with Crippen LogP contribution in [0.3, 0.4) is 0 Å². The van der Waals surface area contributed by atoms with Crippen LogP contribution in [-0.4, -0.2) is 43.9 Å². The number of benzene rings is 2. The van der Waals surface area contributed by atoms with Crippen LogP contribution >= 0.6 is 0 Å². The highest BCUT2D eigenvalue weighted by Gasteiger charge is 2.04. The normalized spacial score (nSPS) is 11.1. The first-order chi connectivity index (χ1) is 10.1. The highest BCUT2D eigenvalue weighted by molar-refractivity contribution is 6.07. The summed E-state index contributed by atoms with van der Waals surface area (Å²) in [6.45, 7) is 0. The average Bonchev–Trinajstić information content (AvgIpc) is 2.47. The highest BCUT2D eigenvalue weighted by Crippen LogP contribution is 2.21. The number of hydrogen-bond acceptors (Lipinski definition) is 1. The van der Waals surface area contributed by atoms with E-state index in [2.05, 4.69) is 70.4 Å². The topological polar surface area (TPSA) is 6.25 Å². The summed E-state index contributed by atoms with van der Waals surface area (Å²) >= 11 is 0. The fraction of sp³-hybridized carbons (Fsp3) is 0.211. The van der Waals surface area contributed by atoms with Crippen LogP contribution in [-0.2, 0) is 0 Å². The van der Waals surface area contributed by atoms with E-state index in [-0.39, 0.29) is 0 Å². The summed E-state index contributed by atoms with van der Waals surface area (Å²) in [5.74, 6) is 0. The molecule has 2 heteroatoms. The second-order valence-electron chi connectivity index (χ2n) is 5.58. The molecule has 0 aromatic heterocycles. The highest BCUT2D eigenvalue weighted by atomic mass is 15.0. The Hall–Kier alpha value is -2.35. The number of hydrogen-bond donors (Lipinski definition) is 0. The molecule has 0 atom stereocenters. The minimum absolute atomic E-state index is 1.20. The molecule has 0 aliphatic heterocycles. The van der Waals surface area contributed by atoms with Gasteiger partial charge >= 0.3 is 0 Å². The summed E-state index contributed by atoms with van der Waals surface area (Å²) in [5.41, 5.74) is 4.91. The first-order valence-electron chi connectivity index (χ1n) is 7.11. The van der Waals surface area contributed by atoms with Gasteiger partial charge in [0.1, 0.15) is 14.1 Å². The molecule has 108 valence electrons. The molecule has 2 nitrogen and oxygen atoms in total. The predicted molar refractivity (Wildman–Crippen MR) is 91.7 cm³/mol. The van der Waals surface area contributed by atoms with Crippen LogP contribution < -0.4 is 0 Å². The van der Waals surface area contributed by atoms with Crippen molar-refractivity contribution in [3.05, 3.63) is 66.4 Å².